The molecule has 10 heteroatoms. The maximum Gasteiger partial charge on any atom is 0.432 e. The molecule has 2 rings (SSSR count). The molecule has 1 fully saturated rings. The van der Waals surface area contributed by atoms with Crippen molar-refractivity contribution >= 4 is 11.9 Å². The fourth-order valence-corrected chi connectivity index (χ4v) is 3.40. The molecule has 0 N–H and O–H groups in total. The van der Waals surface area contributed by atoms with Crippen LogP contribution in [0.5, 0.6) is 0 Å². The van der Waals surface area contributed by atoms with Gasteiger partial charge in [-0.1, -0.05) is 43.3 Å². The van der Waals surface area contributed by atoms with E-state index in [0.717, 1.165) is 25.3 Å². The number of benzene rings is 1. The van der Waals surface area contributed by atoms with Gasteiger partial charge in [0, 0.05) is 24.7 Å². The predicted molar refractivity (Wildman–Crippen MR) is 106 cm³/mol. The third kappa shape index (κ3) is 5.48. The molecule has 1 aliphatic rings. The molecular formula is C22H27F3O7. The first-order chi connectivity index (χ1) is 14.9. The smallest absolute Gasteiger partial charge is 0.432 e. The fraction of sp³-hybridized carbons (Fsp3) is 0.545. The molecule has 0 amide bonds. The van der Waals surface area contributed by atoms with E-state index in [9.17, 15) is 22.8 Å². The van der Waals surface area contributed by atoms with Crippen LogP contribution in [0.3, 0.4) is 0 Å². The largest absolute Gasteiger partial charge is 0.466 e. The summed E-state index contributed by atoms with van der Waals surface area (Å²) >= 11 is 0. The van der Waals surface area contributed by atoms with Gasteiger partial charge < -0.3 is 23.7 Å². The SMILES string of the molecule is COC(=O)/C=C/[C@@H](C)[C@H](OC(=O)[C@](OC)(c1ccccc1)C(F)(F)F)[C@H]1COC(C)(C)O1. The number of alkyl halides is 3. The molecule has 1 aromatic rings. The van der Waals surface area contributed by atoms with Gasteiger partial charge in [-0.05, 0) is 13.8 Å². The zero-order valence-corrected chi connectivity index (χ0v) is 18.5. The maximum absolute atomic E-state index is 14.2. The molecule has 7 nitrogen and oxygen atoms in total. The molecule has 0 radical (unpaired) electrons. The summed E-state index contributed by atoms with van der Waals surface area (Å²) in [6.07, 6.45) is -4.77. The number of hydrogen-bond donors (Lipinski definition) is 0. The van der Waals surface area contributed by atoms with E-state index in [2.05, 4.69) is 4.74 Å². The molecule has 0 bridgehead atoms. The topological polar surface area (TPSA) is 80.3 Å². The molecule has 32 heavy (non-hydrogen) atoms. The lowest BCUT2D eigenvalue weighted by Crippen LogP contribution is -2.54. The number of methoxy groups -OCH3 is 2. The Labute approximate surface area is 184 Å². The Kier molecular flexibility index (Phi) is 8.08. The van der Waals surface area contributed by atoms with E-state index in [1.54, 1.807) is 20.8 Å². The lowest BCUT2D eigenvalue weighted by Gasteiger charge is -2.35. The van der Waals surface area contributed by atoms with Crippen molar-refractivity contribution in [3.63, 3.8) is 0 Å². The molecule has 0 spiro atoms. The summed E-state index contributed by atoms with van der Waals surface area (Å²) in [5.41, 5.74) is -3.78. The number of ether oxygens (including phenoxy) is 5. The van der Waals surface area contributed by atoms with Crippen molar-refractivity contribution in [2.75, 3.05) is 20.8 Å². The van der Waals surface area contributed by atoms with Crippen molar-refractivity contribution in [2.45, 2.75) is 50.5 Å². The number of esters is 2. The zero-order valence-electron chi connectivity index (χ0n) is 18.5. The normalized spacial score (nSPS) is 22.2. The lowest BCUT2D eigenvalue weighted by molar-refractivity contribution is -0.280. The van der Waals surface area contributed by atoms with Gasteiger partial charge in [-0.25, -0.2) is 9.59 Å². The number of carbonyl (C=O) groups is 2. The molecule has 0 aliphatic carbocycles. The molecular weight excluding hydrogens is 433 g/mol. The molecule has 178 valence electrons. The molecule has 1 saturated heterocycles. The van der Waals surface area contributed by atoms with E-state index in [-0.39, 0.29) is 6.61 Å². The van der Waals surface area contributed by atoms with Crippen LogP contribution >= 0.6 is 0 Å². The van der Waals surface area contributed by atoms with Crippen LogP contribution in [-0.4, -0.2) is 56.9 Å². The van der Waals surface area contributed by atoms with Gasteiger partial charge in [0.2, 0.25) is 0 Å². The minimum atomic E-state index is -5.12. The van der Waals surface area contributed by atoms with Gasteiger partial charge in [0.25, 0.3) is 5.60 Å². The molecule has 1 heterocycles. The van der Waals surface area contributed by atoms with Crippen molar-refractivity contribution in [1.29, 1.82) is 0 Å². The maximum atomic E-state index is 14.2. The number of hydrogen-bond acceptors (Lipinski definition) is 7. The van der Waals surface area contributed by atoms with Gasteiger partial charge in [-0.15, -0.1) is 0 Å². The Morgan fingerprint density at radius 1 is 1.19 bits per heavy atom. The molecule has 0 saturated carbocycles. The van der Waals surface area contributed by atoms with Crippen LogP contribution < -0.4 is 0 Å². The van der Waals surface area contributed by atoms with Crippen molar-refractivity contribution in [3.05, 3.63) is 48.0 Å². The van der Waals surface area contributed by atoms with Gasteiger partial charge in [0.05, 0.1) is 13.7 Å². The minimum Gasteiger partial charge on any atom is -0.466 e. The van der Waals surface area contributed by atoms with E-state index in [0.29, 0.717) is 0 Å². The summed E-state index contributed by atoms with van der Waals surface area (Å²) in [4.78, 5) is 24.6. The third-order valence-electron chi connectivity index (χ3n) is 5.07. The average molecular weight is 460 g/mol. The Morgan fingerprint density at radius 3 is 2.28 bits per heavy atom. The first-order valence-electron chi connectivity index (χ1n) is 9.84. The number of rotatable bonds is 8. The van der Waals surface area contributed by atoms with E-state index in [1.165, 1.54) is 31.4 Å². The van der Waals surface area contributed by atoms with Crippen LogP contribution in [0.1, 0.15) is 26.3 Å². The lowest BCUT2D eigenvalue weighted by atomic mass is 9.92. The highest BCUT2D eigenvalue weighted by atomic mass is 19.4. The third-order valence-corrected chi connectivity index (χ3v) is 5.07. The molecule has 1 aromatic carbocycles. The van der Waals surface area contributed by atoms with Gasteiger partial charge in [0.1, 0.15) is 12.2 Å². The average Bonchev–Trinajstić information content (AvgIpc) is 3.09. The highest BCUT2D eigenvalue weighted by Gasteiger charge is 2.64. The standard InChI is InChI=1S/C22H27F3O7/c1-14(11-12-17(26)28-4)18(16-13-30-20(2,3)32-16)31-19(27)21(29-5,22(23,24)25)15-9-7-6-8-10-15/h6-12,14,16,18H,13H2,1-5H3/b12-11+/t14-,16-,18+,21-/m1/s1. The van der Waals surface area contributed by atoms with Crippen molar-refractivity contribution < 1.29 is 46.4 Å². The van der Waals surface area contributed by atoms with Gasteiger partial charge in [-0.3, -0.25) is 0 Å². The number of halogens is 3. The second kappa shape index (κ2) is 10.0. The van der Waals surface area contributed by atoms with E-state index in [1.807, 2.05) is 0 Å². The molecule has 1 aliphatic heterocycles. The van der Waals surface area contributed by atoms with E-state index in [4.69, 9.17) is 18.9 Å². The Hall–Kier alpha value is -2.43. The van der Waals surface area contributed by atoms with Crippen LogP contribution in [-0.2, 0) is 38.9 Å². The zero-order chi connectivity index (χ0) is 24.2. The first kappa shape index (κ1) is 25.8. The summed E-state index contributed by atoms with van der Waals surface area (Å²) in [5, 5.41) is 0. The Morgan fingerprint density at radius 2 is 1.81 bits per heavy atom. The Balaban J connectivity index is 2.44. The second-order valence-electron chi connectivity index (χ2n) is 7.73. The summed E-state index contributed by atoms with van der Waals surface area (Å²) in [7, 11) is 1.97. The first-order valence-corrected chi connectivity index (χ1v) is 9.84. The van der Waals surface area contributed by atoms with Crippen LogP contribution in [0.2, 0.25) is 0 Å². The predicted octanol–water partition coefficient (Wildman–Crippen LogP) is 3.52. The monoisotopic (exact) mass is 460 g/mol. The van der Waals surface area contributed by atoms with Gasteiger partial charge >= 0.3 is 18.1 Å². The summed E-state index contributed by atoms with van der Waals surface area (Å²) < 4.78 is 68.6. The van der Waals surface area contributed by atoms with Crippen LogP contribution in [0.25, 0.3) is 0 Å². The summed E-state index contributed by atoms with van der Waals surface area (Å²) in [6, 6.07) is 6.49. The Bertz CT molecular complexity index is 823. The highest BCUT2D eigenvalue weighted by Crippen LogP contribution is 2.44. The van der Waals surface area contributed by atoms with E-state index >= 15 is 0 Å². The second-order valence-corrected chi connectivity index (χ2v) is 7.73. The van der Waals surface area contributed by atoms with Gasteiger partial charge in [0.15, 0.2) is 5.79 Å². The van der Waals surface area contributed by atoms with Crippen LogP contribution in [0.15, 0.2) is 42.5 Å². The molecule has 4 atom stereocenters. The summed E-state index contributed by atoms with van der Waals surface area (Å²) in [6.45, 7) is 4.79. The molecule has 0 unspecified atom stereocenters. The van der Waals surface area contributed by atoms with E-state index < -0.39 is 53.2 Å². The fourth-order valence-electron chi connectivity index (χ4n) is 3.40. The van der Waals surface area contributed by atoms with Gasteiger partial charge in [-0.2, -0.15) is 13.2 Å². The van der Waals surface area contributed by atoms with Crippen molar-refractivity contribution in [1.82, 2.24) is 0 Å². The number of carbonyl (C=O) groups excluding carboxylic acids is 2. The minimum absolute atomic E-state index is 0.0291. The van der Waals surface area contributed by atoms with Crippen LogP contribution in [0.4, 0.5) is 13.2 Å². The van der Waals surface area contributed by atoms with Crippen LogP contribution in [0, 0.1) is 5.92 Å². The molecule has 0 aromatic heterocycles. The highest BCUT2D eigenvalue weighted by molar-refractivity contribution is 5.83. The van der Waals surface area contributed by atoms with Crippen molar-refractivity contribution in [2.24, 2.45) is 5.92 Å². The summed E-state index contributed by atoms with van der Waals surface area (Å²) in [5.74, 6) is -4.07. The van der Waals surface area contributed by atoms with Crippen molar-refractivity contribution in [3.8, 4) is 0 Å². The quantitative estimate of drug-likeness (QED) is 0.434.